The molecule has 0 saturated carbocycles. The molecule has 0 N–H and O–H groups in total. The van der Waals surface area contributed by atoms with Gasteiger partial charge in [0.15, 0.2) is 0 Å². The summed E-state index contributed by atoms with van der Waals surface area (Å²) in [5, 5.41) is 4.33. The highest BCUT2D eigenvalue weighted by atomic mass is 79.9. The number of rotatable bonds is 15. The second kappa shape index (κ2) is 15.2. The first-order chi connectivity index (χ1) is 21.0. The normalized spacial score (nSPS) is 17.1. The lowest BCUT2D eigenvalue weighted by Gasteiger charge is -2.39. The van der Waals surface area contributed by atoms with Crippen LogP contribution in [-0.2, 0) is 5.41 Å². The van der Waals surface area contributed by atoms with Crippen LogP contribution in [0, 0.1) is 11.8 Å². The van der Waals surface area contributed by atoms with Crippen LogP contribution in [0.25, 0.3) is 11.1 Å². The third-order valence-electron chi connectivity index (χ3n) is 9.95. The molecule has 0 aliphatic heterocycles. The van der Waals surface area contributed by atoms with Gasteiger partial charge in [-0.15, -0.1) is 0 Å². The summed E-state index contributed by atoms with van der Waals surface area (Å²) >= 11 is 3.91. The van der Waals surface area contributed by atoms with E-state index >= 15 is 0 Å². The Kier molecular flexibility index (Phi) is 11.4. The molecule has 4 aromatic rings. The quantitative estimate of drug-likeness (QED) is 0.112. The molecule has 2 atom stereocenters. The molecule has 0 nitrogen and oxygen atoms in total. The average Bonchev–Trinajstić information content (AvgIpc) is 3.30. The van der Waals surface area contributed by atoms with Gasteiger partial charge in [-0.1, -0.05) is 174 Å². The lowest BCUT2D eigenvalue weighted by molar-refractivity contribution is 0.266. The smallest absolute Gasteiger partial charge is 0.0221 e. The van der Waals surface area contributed by atoms with E-state index in [2.05, 4.69) is 141 Å². The van der Waals surface area contributed by atoms with E-state index in [-0.39, 0.29) is 5.41 Å². The molecule has 0 heterocycles. The van der Waals surface area contributed by atoms with Gasteiger partial charge in [-0.3, -0.25) is 0 Å². The van der Waals surface area contributed by atoms with E-state index in [0.717, 1.165) is 11.8 Å². The minimum atomic E-state index is -0.652. The molecule has 0 saturated heterocycles. The lowest BCUT2D eigenvalue weighted by atomic mass is 9.65. The highest BCUT2D eigenvalue weighted by Crippen LogP contribution is 2.57. The van der Waals surface area contributed by atoms with Crippen molar-refractivity contribution in [1.82, 2.24) is 0 Å². The molecule has 0 bridgehead atoms. The van der Waals surface area contributed by atoms with E-state index in [9.17, 15) is 0 Å². The fourth-order valence-corrected chi connectivity index (χ4v) is 10.3. The largest absolute Gasteiger partial charge is 0.0654 e. The van der Waals surface area contributed by atoms with Crippen molar-refractivity contribution in [2.45, 2.75) is 97.3 Å². The molecular weight excluding hydrogens is 603 g/mol. The van der Waals surface area contributed by atoms with Crippen molar-refractivity contribution in [3.63, 3.8) is 0 Å². The molecule has 226 valence electrons. The molecule has 1 aliphatic carbocycles. The first kappa shape index (κ1) is 32.2. The SMILES string of the molecule is CCCCC(CC)CC1(CC(CC)CCCC)c2cc(Br)ccc2-c2ccc(P(c3ccccc3)c3ccccc3)cc21. The third kappa shape index (κ3) is 7.05. The number of hydrogen-bond donors (Lipinski definition) is 0. The van der Waals surface area contributed by atoms with Crippen LogP contribution in [0.2, 0.25) is 0 Å². The van der Waals surface area contributed by atoms with Gasteiger partial charge >= 0.3 is 0 Å². The standard InChI is InChI=1S/C41H50BrP/c1-5-9-17-31(7-3)29-41(30-32(8-4)18-10-6-2)39-27-33(42)23-25-37(39)38-26-24-36(28-40(38)41)43(34-19-13-11-14-20-34)35-21-15-12-16-22-35/h11-16,19-28,31-32H,5-10,17-18,29-30H2,1-4H3. The molecule has 0 aromatic heterocycles. The summed E-state index contributed by atoms with van der Waals surface area (Å²) in [6, 6.07) is 37.2. The maximum atomic E-state index is 3.91. The fraction of sp³-hybridized carbons (Fsp3) is 0.415. The maximum Gasteiger partial charge on any atom is 0.0221 e. The van der Waals surface area contributed by atoms with Gasteiger partial charge in [0.25, 0.3) is 0 Å². The first-order valence-electron chi connectivity index (χ1n) is 16.9. The Labute approximate surface area is 271 Å². The predicted octanol–water partition coefficient (Wildman–Crippen LogP) is 11.7. The Balaban J connectivity index is 1.73. The summed E-state index contributed by atoms with van der Waals surface area (Å²) in [5.74, 6) is 1.46. The number of hydrogen-bond acceptors (Lipinski definition) is 0. The van der Waals surface area contributed by atoms with Gasteiger partial charge in [0.05, 0.1) is 0 Å². The van der Waals surface area contributed by atoms with Gasteiger partial charge in [-0.25, -0.2) is 0 Å². The van der Waals surface area contributed by atoms with Crippen molar-refractivity contribution in [2.24, 2.45) is 11.8 Å². The van der Waals surface area contributed by atoms with Crippen LogP contribution in [0.15, 0.2) is 102 Å². The van der Waals surface area contributed by atoms with Crippen molar-refractivity contribution in [3.05, 3.63) is 113 Å². The molecule has 0 radical (unpaired) electrons. The fourth-order valence-electron chi connectivity index (χ4n) is 7.59. The Morgan fingerprint density at radius 2 is 1.07 bits per heavy atom. The van der Waals surface area contributed by atoms with Crippen molar-refractivity contribution in [3.8, 4) is 11.1 Å². The monoisotopic (exact) mass is 652 g/mol. The molecule has 4 aromatic carbocycles. The number of benzene rings is 4. The van der Waals surface area contributed by atoms with Crippen molar-refractivity contribution >= 4 is 39.8 Å². The van der Waals surface area contributed by atoms with E-state index < -0.39 is 7.92 Å². The Hall–Kier alpha value is -2.21. The van der Waals surface area contributed by atoms with E-state index in [1.165, 1.54) is 95.7 Å². The summed E-state index contributed by atoms with van der Waals surface area (Å²) in [5.41, 5.74) is 6.15. The van der Waals surface area contributed by atoms with Crippen LogP contribution in [0.5, 0.6) is 0 Å². The minimum Gasteiger partial charge on any atom is -0.0654 e. The minimum absolute atomic E-state index is 0.0433. The van der Waals surface area contributed by atoms with Crippen LogP contribution in [-0.4, -0.2) is 0 Å². The highest BCUT2D eigenvalue weighted by molar-refractivity contribution is 9.10. The second-order valence-electron chi connectivity index (χ2n) is 12.7. The topological polar surface area (TPSA) is 0 Å². The van der Waals surface area contributed by atoms with Crippen LogP contribution in [0.1, 0.15) is 103 Å². The van der Waals surface area contributed by atoms with Crippen molar-refractivity contribution < 1.29 is 0 Å². The third-order valence-corrected chi connectivity index (χ3v) is 12.9. The zero-order chi connectivity index (χ0) is 30.2. The second-order valence-corrected chi connectivity index (χ2v) is 15.9. The van der Waals surface area contributed by atoms with Gasteiger partial charge in [0, 0.05) is 9.89 Å². The zero-order valence-corrected chi connectivity index (χ0v) is 29.3. The summed E-state index contributed by atoms with van der Waals surface area (Å²) < 4.78 is 1.21. The van der Waals surface area contributed by atoms with Gasteiger partial charge in [-0.05, 0) is 89.0 Å². The summed E-state index contributed by atoms with van der Waals surface area (Å²) in [7, 11) is -0.652. The lowest BCUT2D eigenvalue weighted by Crippen LogP contribution is -2.32. The van der Waals surface area contributed by atoms with Gasteiger partial charge in [-0.2, -0.15) is 0 Å². The molecule has 0 spiro atoms. The van der Waals surface area contributed by atoms with Crippen molar-refractivity contribution in [2.75, 3.05) is 0 Å². The van der Waals surface area contributed by atoms with Crippen molar-refractivity contribution in [1.29, 1.82) is 0 Å². The Morgan fingerprint density at radius 3 is 1.56 bits per heavy atom. The van der Waals surface area contributed by atoms with Crippen LogP contribution < -0.4 is 15.9 Å². The Morgan fingerprint density at radius 1 is 0.581 bits per heavy atom. The van der Waals surface area contributed by atoms with Crippen LogP contribution >= 0.6 is 23.9 Å². The number of unbranched alkanes of at least 4 members (excludes halogenated alkanes) is 2. The van der Waals surface area contributed by atoms with E-state index in [0.29, 0.717) is 0 Å². The molecule has 0 fully saturated rings. The highest BCUT2D eigenvalue weighted by Gasteiger charge is 2.45. The van der Waals surface area contributed by atoms with E-state index in [1.54, 1.807) is 11.1 Å². The Bertz CT molecular complexity index is 1390. The maximum absolute atomic E-state index is 3.91. The van der Waals surface area contributed by atoms with Gasteiger partial charge in [0.2, 0.25) is 0 Å². The number of fused-ring (bicyclic) bond motifs is 3. The zero-order valence-electron chi connectivity index (χ0n) is 26.8. The molecule has 5 rings (SSSR count). The summed E-state index contributed by atoms with van der Waals surface area (Å²) in [4.78, 5) is 0. The molecule has 2 heteroatoms. The first-order valence-corrected chi connectivity index (χ1v) is 19.0. The van der Waals surface area contributed by atoms with Gasteiger partial charge < -0.3 is 0 Å². The summed E-state index contributed by atoms with van der Waals surface area (Å²) in [6.45, 7) is 9.56. The number of halogens is 1. The van der Waals surface area contributed by atoms with E-state index in [4.69, 9.17) is 0 Å². The van der Waals surface area contributed by atoms with Crippen LogP contribution in [0.4, 0.5) is 0 Å². The summed E-state index contributed by atoms with van der Waals surface area (Å²) in [6.07, 6.45) is 12.9. The average molecular weight is 654 g/mol. The van der Waals surface area contributed by atoms with E-state index in [1.807, 2.05) is 0 Å². The van der Waals surface area contributed by atoms with Crippen LogP contribution in [0.3, 0.4) is 0 Å². The van der Waals surface area contributed by atoms with Gasteiger partial charge in [0.1, 0.15) is 0 Å². The molecule has 43 heavy (non-hydrogen) atoms. The molecule has 1 aliphatic rings. The molecule has 2 unspecified atom stereocenters. The molecule has 0 amide bonds. The predicted molar refractivity (Wildman–Crippen MR) is 195 cm³/mol. The molecular formula is C41H50BrP.